The van der Waals surface area contributed by atoms with E-state index in [-0.39, 0.29) is 23.3 Å². The lowest BCUT2D eigenvalue weighted by molar-refractivity contribution is -0.119. The first-order valence-electron chi connectivity index (χ1n) is 10.8. The molecular weight excluding hydrogens is 397 g/mol. The summed E-state index contributed by atoms with van der Waals surface area (Å²) >= 11 is 0. The zero-order valence-electron chi connectivity index (χ0n) is 17.4. The van der Waals surface area contributed by atoms with E-state index in [1.54, 1.807) is 39.0 Å². The molecule has 2 aliphatic rings. The summed E-state index contributed by atoms with van der Waals surface area (Å²) in [6.07, 6.45) is 3.11. The molecule has 0 bridgehead atoms. The van der Waals surface area contributed by atoms with Crippen LogP contribution in [0, 0.1) is 5.82 Å². The van der Waals surface area contributed by atoms with Gasteiger partial charge in [0.05, 0.1) is 5.56 Å². The van der Waals surface area contributed by atoms with E-state index in [1.807, 2.05) is 12.1 Å². The molecule has 0 atom stereocenters. The van der Waals surface area contributed by atoms with Crippen LogP contribution in [-0.2, 0) is 4.79 Å². The van der Waals surface area contributed by atoms with Gasteiger partial charge in [-0.25, -0.2) is 4.39 Å². The van der Waals surface area contributed by atoms with E-state index < -0.39 is 5.82 Å². The molecule has 0 unspecified atom stereocenters. The zero-order chi connectivity index (χ0) is 21.8. The molecule has 2 saturated heterocycles. The molecular formula is C24H26FN3O3. The van der Waals surface area contributed by atoms with Crippen LogP contribution in [0.3, 0.4) is 0 Å². The van der Waals surface area contributed by atoms with Crippen molar-refractivity contribution in [3.63, 3.8) is 0 Å². The van der Waals surface area contributed by atoms with Crippen molar-refractivity contribution in [2.45, 2.75) is 25.7 Å². The summed E-state index contributed by atoms with van der Waals surface area (Å²) in [4.78, 5) is 42.9. The maximum absolute atomic E-state index is 14.0. The summed E-state index contributed by atoms with van der Waals surface area (Å²) in [6.45, 7) is 2.48. The molecule has 31 heavy (non-hydrogen) atoms. The van der Waals surface area contributed by atoms with Gasteiger partial charge in [0.2, 0.25) is 5.91 Å². The number of carbonyl (C=O) groups is 3. The molecule has 0 saturated carbocycles. The van der Waals surface area contributed by atoms with Gasteiger partial charge in [-0.2, -0.15) is 0 Å². The zero-order valence-corrected chi connectivity index (χ0v) is 17.4. The molecule has 4 rings (SSSR count). The van der Waals surface area contributed by atoms with Crippen molar-refractivity contribution in [1.29, 1.82) is 0 Å². The molecule has 2 heterocycles. The van der Waals surface area contributed by atoms with Gasteiger partial charge in [0.25, 0.3) is 11.8 Å². The highest BCUT2D eigenvalue weighted by molar-refractivity contribution is 5.97. The average Bonchev–Trinajstić information content (AvgIpc) is 3.05. The third-order valence-corrected chi connectivity index (χ3v) is 5.92. The van der Waals surface area contributed by atoms with Gasteiger partial charge in [0.15, 0.2) is 0 Å². The Kier molecular flexibility index (Phi) is 6.30. The van der Waals surface area contributed by atoms with E-state index in [0.717, 1.165) is 18.5 Å². The van der Waals surface area contributed by atoms with Crippen molar-refractivity contribution >= 4 is 23.4 Å². The maximum Gasteiger partial charge on any atom is 0.256 e. The van der Waals surface area contributed by atoms with Crippen molar-refractivity contribution in [1.82, 2.24) is 9.80 Å². The topological polar surface area (TPSA) is 60.9 Å². The molecule has 2 aromatic carbocycles. The SMILES string of the molecule is O=C(c1ccc(N2CCCCC2=O)cc1)N1CCCN(C(=O)c2ccccc2F)CC1. The normalized spacial score (nSPS) is 17.5. The first kappa shape index (κ1) is 21.0. The standard InChI is InChI=1S/C24H26FN3O3/c25-21-7-2-1-6-20(21)24(31)27-14-5-13-26(16-17-27)23(30)18-9-11-19(12-10-18)28-15-4-3-8-22(28)29/h1-2,6-7,9-12H,3-5,8,13-17H2. The fourth-order valence-electron chi connectivity index (χ4n) is 4.17. The van der Waals surface area contributed by atoms with Crippen LogP contribution in [-0.4, -0.2) is 60.2 Å². The molecule has 7 heteroatoms. The predicted molar refractivity (Wildman–Crippen MR) is 115 cm³/mol. The van der Waals surface area contributed by atoms with E-state index in [2.05, 4.69) is 0 Å². The van der Waals surface area contributed by atoms with Crippen molar-refractivity contribution in [2.75, 3.05) is 37.6 Å². The minimum absolute atomic E-state index is 0.0603. The van der Waals surface area contributed by atoms with Crippen LogP contribution in [0.25, 0.3) is 0 Å². The van der Waals surface area contributed by atoms with E-state index >= 15 is 0 Å². The Labute approximate surface area is 181 Å². The molecule has 0 spiro atoms. The lowest BCUT2D eigenvalue weighted by atomic mass is 10.1. The Morgan fingerprint density at radius 2 is 1.42 bits per heavy atom. The molecule has 0 N–H and O–H groups in total. The number of hydrogen-bond donors (Lipinski definition) is 0. The summed E-state index contributed by atoms with van der Waals surface area (Å²) in [6, 6.07) is 13.1. The maximum atomic E-state index is 14.0. The van der Waals surface area contributed by atoms with Crippen LogP contribution in [0.5, 0.6) is 0 Å². The van der Waals surface area contributed by atoms with E-state index in [1.165, 1.54) is 12.1 Å². The van der Waals surface area contributed by atoms with Gasteiger partial charge in [0, 0.05) is 50.4 Å². The largest absolute Gasteiger partial charge is 0.337 e. The molecule has 3 amide bonds. The van der Waals surface area contributed by atoms with Crippen molar-refractivity contribution in [3.8, 4) is 0 Å². The number of amides is 3. The van der Waals surface area contributed by atoms with Crippen LogP contribution in [0.4, 0.5) is 10.1 Å². The molecule has 2 fully saturated rings. The van der Waals surface area contributed by atoms with Crippen LogP contribution in [0.15, 0.2) is 48.5 Å². The number of benzene rings is 2. The van der Waals surface area contributed by atoms with Crippen LogP contribution in [0.2, 0.25) is 0 Å². The highest BCUT2D eigenvalue weighted by Gasteiger charge is 2.25. The number of piperidine rings is 1. The molecule has 0 aromatic heterocycles. The van der Waals surface area contributed by atoms with Crippen molar-refractivity contribution in [2.24, 2.45) is 0 Å². The second-order valence-electron chi connectivity index (χ2n) is 7.97. The average molecular weight is 423 g/mol. The highest BCUT2D eigenvalue weighted by Crippen LogP contribution is 2.22. The quantitative estimate of drug-likeness (QED) is 0.761. The first-order chi connectivity index (χ1) is 15.0. The summed E-state index contributed by atoms with van der Waals surface area (Å²) in [5, 5.41) is 0. The fourth-order valence-corrected chi connectivity index (χ4v) is 4.17. The lowest BCUT2D eigenvalue weighted by Crippen LogP contribution is -2.37. The number of anilines is 1. The summed E-state index contributed by atoms with van der Waals surface area (Å²) < 4.78 is 14.0. The van der Waals surface area contributed by atoms with Crippen LogP contribution >= 0.6 is 0 Å². The molecule has 162 valence electrons. The van der Waals surface area contributed by atoms with Gasteiger partial charge in [-0.05, 0) is 55.7 Å². The van der Waals surface area contributed by atoms with Gasteiger partial charge in [-0.15, -0.1) is 0 Å². The third-order valence-electron chi connectivity index (χ3n) is 5.92. The second kappa shape index (κ2) is 9.29. The Bertz CT molecular complexity index is 976. The lowest BCUT2D eigenvalue weighted by Gasteiger charge is -2.27. The minimum atomic E-state index is -0.531. The van der Waals surface area contributed by atoms with E-state index in [9.17, 15) is 18.8 Å². The minimum Gasteiger partial charge on any atom is -0.337 e. The third kappa shape index (κ3) is 4.60. The van der Waals surface area contributed by atoms with Crippen LogP contribution < -0.4 is 4.90 Å². The number of nitrogens with zero attached hydrogens (tertiary/aromatic N) is 3. The first-order valence-corrected chi connectivity index (χ1v) is 10.8. The van der Waals surface area contributed by atoms with E-state index in [0.29, 0.717) is 51.1 Å². The number of carbonyl (C=O) groups excluding carboxylic acids is 3. The molecule has 0 aliphatic carbocycles. The summed E-state index contributed by atoms with van der Waals surface area (Å²) in [5.41, 5.74) is 1.44. The Morgan fingerprint density at radius 1 is 0.742 bits per heavy atom. The number of hydrogen-bond acceptors (Lipinski definition) is 3. The molecule has 6 nitrogen and oxygen atoms in total. The fraction of sp³-hybridized carbons (Fsp3) is 0.375. The van der Waals surface area contributed by atoms with Gasteiger partial charge in [0.1, 0.15) is 5.82 Å². The highest BCUT2D eigenvalue weighted by atomic mass is 19.1. The second-order valence-corrected chi connectivity index (χ2v) is 7.97. The Hall–Kier alpha value is -3.22. The van der Waals surface area contributed by atoms with Crippen molar-refractivity contribution < 1.29 is 18.8 Å². The smallest absolute Gasteiger partial charge is 0.256 e. The summed E-state index contributed by atoms with van der Waals surface area (Å²) in [7, 11) is 0. The number of rotatable bonds is 3. The molecule has 2 aliphatic heterocycles. The van der Waals surface area contributed by atoms with Gasteiger partial charge < -0.3 is 14.7 Å². The van der Waals surface area contributed by atoms with Crippen molar-refractivity contribution in [3.05, 3.63) is 65.5 Å². The van der Waals surface area contributed by atoms with Gasteiger partial charge in [-0.1, -0.05) is 12.1 Å². The molecule has 0 radical (unpaired) electrons. The Morgan fingerprint density at radius 3 is 2.10 bits per heavy atom. The number of halogens is 1. The molecule has 2 aromatic rings. The van der Waals surface area contributed by atoms with E-state index in [4.69, 9.17) is 0 Å². The predicted octanol–water partition coefficient (Wildman–Crippen LogP) is 3.33. The van der Waals surface area contributed by atoms with Gasteiger partial charge >= 0.3 is 0 Å². The van der Waals surface area contributed by atoms with Crippen LogP contribution in [0.1, 0.15) is 46.4 Å². The monoisotopic (exact) mass is 423 g/mol. The summed E-state index contributed by atoms with van der Waals surface area (Å²) in [5.74, 6) is -0.853. The Balaban J connectivity index is 1.40. The van der Waals surface area contributed by atoms with Gasteiger partial charge in [-0.3, -0.25) is 14.4 Å².